The van der Waals surface area contributed by atoms with E-state index in [0.29, 0.717) is 12.3 Å². The van der Waals surface area contributed by atoms with Crippen LogP contribution in [0.25, 0.3) is 0 Å². The van der Waals surface area contributed by atoms with Gasteiger partial charge in [0, 0.05) is 18.0 Å². The van der Waals surface area contributed by atoms with Gasteiger partial charge >= 0.3 is 6.09 Å². The molecule has 3 amide bonds. The summed E-state index contributed by atoms with van der Waals surface area (Å²) >= 11 is 0. The van der Waals surface area contributed by atoms with E-state index < -0.39 is 29.3 Å². The molecule has 7 heteroatoms. The van der Waals surface area contributed by atoms with Crippen LogP contribution < -0.4 is 10.6 Å². The lowest BCUT2D eigenvalue weighted by Gasteiger charge is -2.40. The third kappa shape index (κ3) is 11.6. The third-order valence-corrected chi connectivity index (χ3v) is 6.55. The Bertz CT molecular complexity index is 1150. The number of carbonyl (C=O) groups is 3. The van der Waals surface area contributed by atoms with Gasteiger partial charge in [-0.3, -0.25) is 9.59 Å². The lowest BCUT2D eigenvalue weighted by atomic mass is 9.94. The average Bonchev–Trinajstić information content (AvgIpc) is 2.83. The molecule has 0 bridgehead atoms. The van der Waals surface area contributed by atoms with Gasteiger partial charge in [0.25, 0.3) is 0 Å². The molecule has 0 aromatic heterocycles. The maximum absolute atomic E-state index is 14.7. The minimum Gasteiger partial charge on any atom is -0.444 e. The van der Waals surface area contributed by atoms with E-state index >= 15 is 0 Å². The van der Waals surface area contributed by atoms with E-state index in [9.17, 15) is 14.4 Å². The molecule has 3 unspecified atom stereocenters. The van der Waals surface area contributed by atoms with Crippen molar-refractivity contribution in [1.29, 1.82) is 0 Å². The van der Waals surface area contributed by atoms with Crippen LogP contribution in [0.2, 0.25) is 0 Å². The molecule has 0 aliphatic carbocycles. The first kappa shape index (κ1) is 33.9. The second-order valence-electron chi connectivity index (χ2n) is 13.5. The molecule has 0 spiro atoms. The van der Waals surface area contributed by atoms with E-state index in [1.54, 1.807) is 25.7 Å². The molecule has 3 atom stereocenters. The van der Waals surface area contributed by atoms with Crippen molar-refractivity contribution >= 4 is 17.9 Å². The van der Waals surface area contributed by atoms with Crippen LogP contribution in [0.4, 0.5) is 4.79 Å². The van der Waals surface area contributed by atoms with E-state index in [1.165, 1.54) is 0 Å². The summed E-state index contributed by atoms with van der Waals surface area (Å²) in [5, 5.41) is 5.95. The molecule has 0 saturated heterocycles. The molecule has 2 aromatic rings. The van der Waals surface area contributed by atoms with Crippen LogP contribution in [0.15, 0.2) is 54.6 Å². The fourth-order valence-corrected chi connectivity index (χ4v) is 4.71. The summed E-state index contributed by atoms with van der Waals surface area (Å²) in [6.07, 6.45) is 1.18. The molecule has 0 fully saturated rings. The fourth-order valence-electron chi connectivity index (χ4n) is 4.71. The van der Waals surface area contributed by atoms with Crippen molar-refractivity contribution in [2.75, 3.05) is 0 Å². The van der Waals surface area contributed by atoms with Crippen LogP contribution in [0.3, 0.4) is 0 Å². The van der Waals surface area contributed by atoms with Gasteiger partial charge in [-0.25, -0.2) is 4.79 Å². The Balaban J connectivity index is 2.66. The van der Waals surface area contributed by atoms with E-state index in [4.69, 9.17) is 4.74 Å². The molecule has 7 nitrogen and oxygen atoms in total. The first-order valence-corrected chi connectivity index (χ1v) is 14.7. The van der Waals surface area contributed by atoms with Crippen molar-refractivity contribution in [3.63, 3.8) is 0 Å². The summed E-state index contributed by atoms with van der Waals surface area (Å²) < 4.78 is 5.55. The third-order valence-electron chi connectivity index (χ3n) is 6.55. The van der Waals surface area contributed by atoms with Gasteiger partial charge < -0.3 is 20.3 Å². The molecule has 41 heavy (non-hydrogen) atoms. The standard InChI is InChI=1S/C34H51N3O4/c1-23(2)19-20-25(4)37(29(30(38)36-33(5,6)7)27-18-14-15-24(3)21-27)31(39)28(22-26-16-12-11-13-17-26)35-32(40)41-34(8,9)10/h11-18,21,23,25,28-29H,19-20,22H2,1-10H3,(H,35,40)(H,36,38). The SMILES string of the molecule is Cc1cccc(C(C(=O)NC(C)(C)C)N(C(=O)C(Cc2ccccc2)NC(=O)OC(C)(C)C)C(C)CCC(C)C)c1. The molecular formula is C34H51N3O4. The highest BCUT2D eigenvalue weighted by Crippen LogP contribution is 2.29. The number of nitrogens with one attached hydrogen (secondary N) is 2. The quantitative estimate of drug-likeness (QED) is 0.316. The zero-order valence-corrected chi connectivity index (χ0v) is 26.7. The molecule has 0 heterocycles. The second-order valence-corrected chi connectivity index (χ2v) is 13.5. The van der Waals surface area contributed by atoms with E-state index in [0.717, 1.165) is 23.1 Å². The highest BCUT2D eigenvalue weighted by atomic mass is 16.6. The van der Waals surface area contributed by atoms with Crippen molar-refractivity contribution < 1.29 is 19.1 Å². The monoisotopic (exact) mass is 565 g/mol. The second kappa shape index (κ2) is 14.5. The topological polar surface area (TPSA) is 87.7 Å². The summed E-state index contributed by atoms with van der Waals surface area (Å²) in [5.74, 6) is -0.162. The van der Waals surface area contributed by atoms with Gasteiger partial charge in [0.15, 0.2) is 0 Å². The number of benzene rings is 2. The fraction of sp³-hybridized carbons (Fsp3) is 0.559. The van der Waals surface area contributed by atoms with Gasteiger partial charge in [0.1, 0.15) is 17.7 Å². The van der Waals surface area contributed by atoms with Crippen molar-refractivity contribution in [3.8, 4) is 0 Å². The Hall–Kier alpha value is -3.35. The van der Waals surface area contributed by atoms with Crippen LogP contribution in [0, 0.1) is 12.8 Å². The van der Waals surface area contributed by atoms with E-state index in [2.05, 4.69) is 24.5 Å². The van der Waals surface area contributed by atoms with Gasteiger partial charge in [-0.05, 0) is 85.3 Å². The van der Waals surface area contributed by atoms with Gasteiger partial charge in [-0.2, -0.15) is 0 Å². The molecule has 0 radical (unpaired) electrons. The highest BCUT2D eigenvalue weighted by molar-refractivity contribution is 5.92. The zero-order chi connectivity index (χ0) is 31.0. The maximum atomic E-state index is 14.7. The van der Waals surface area contributed by atoms with Crippen molar-refractivity contribution in [2.45, 2.75) is 118 Å². The van der Waals surface area contributed by atoms with Gasteiger partial charge in [0.05, 0.1) is 0 Å². The first-order valence-electron chi connectivity index (χ1n) is 14.7. The molecule has 0 aliphatic rings. The van der Waals surface area contributed by atoms with Gasteiger partial charge in [-0.15, -0.1) is 0 Å². The Kier molecular flexibility index (Phi) is 12.0. The summed E-state index contributed by atoms with van der Waals surface area (Å²) in [7, 11) is 0. The number of hydrogen-bond donors (Lipinski definition) is 2. The minimum atomic E-state index is -0.941. The van der Waals surface area contributed by atoms with E-state index in [-0.39, 0.29) is 24.3 Å². The highest BCUT2D eigenvalue weighted by Gasteiger charge is 2.39. The van der Waals surface area contributed by atoms with Crippen LogP contribution >= 0.6 is 0 Å². The van der Waals surface area contributed by atoms with E-state index in [1.807, 2.05) is 89.2 Å². The zero-order valence-electron chi connectivity index (χ0n) is 26.7. The summed E-state index contributed by atoms with van der Waals surface area (Å²) in [6.45, 7) is 19.4. The number of carbonyl (C=O) groups excluding carboxylic acids is 3. The minimum absolute atomic E-state index is 0.258. The van der Waals surface area contributed by atoms with Gasteiger partial charge in [-0.1, -0.05) is 74.0 Å². The number of hydrogen-bond acceptors (Lipinski definition) is 4. The Morgan fingerprint density at radius 1 is 0.878 bits per heavy atom. The molecule has 2 aromatic carbocycles. The molecule has 2 N–H and O–H groups in total. The number of rotatable bonds is 11. The summed E-state index contributed by atoms with van der Waals surface area (Å²) in [5.41, 5.74) is 1.37. The molecule has 0 saturated carbocycles. The molecular weight excluding hydrogens is 514 g/mol. The first-order chi connectivity index (χ1) is 19.0. The van der Waals surface area contributed by atoms with Crippen molar-refractivity contribution in [3.05, 3.63) is 71.3 Å². The van der Waals surface area contributed by atoms with Crippen LogP contribution in [0.1, 0.15) is 97.9 Å². The van der Waals surface area contributed by atoms with Crippen molar-refractivity contribution in [1.82, 2.24) is 15.5 Å². The Morgan fingerprint density at radius 2 is 1.51 bits per heavy atom. The largest absolute Gasteiger partial charge is 0.444 e. The number of aryl methyl sites for hydroxylation is 1. The smallest absolute Gasteiger partial charge is 0.408 e. The summed E-state index contributed by atoms with van der Waals surface area (Å²) in [4.78, 5) is 43.4. The maximum Gasteiger partial charge on any atom is 0.408 e. The predicted molar refractivity (Wildman–Crippen MR) is 165 cm³/mol. The number of alkyl carbamates (subject to hydrolysis) is 1. The van der Waals surface area contributed by atoms with Crippen molar-refractivity contribution in [2.24, 2.45) is 5.92 Å². The predicted octanol–water partition coefficient (Wildman–Crippen LogP) is 6.74. The Morgan fingerprint density at radius 3 is 2.05 bits per heavy atom. The molecule has 2 rings (SSSR count). The average molecular weight is 566 g/mol. The van der Waals surface area contributed by atoms with Gasteiger partial charge in [0.2, 0.25) is 11.8 Å². The number of amides is 3. The van der Waals surface area contributed by atoms with Crippen LogP contribution in [0.5, 0.6) is 0 Å². The molecule has 0 aliphatic heterocycles. The normalized spacial score (nSPS) is 14.1. The Labute approximate surface area is 247 Å². The molecule has 226 valence electrons. The lowest BCUT2D eigenvalue weighted by Crippen LogP contribution is -2.57. The van der Waals surface area contributed by atoms with Crippen LogP contribution in [-0.2, 0) is 20.7 Å². The lowest BCUT2D eigenvalue weighted by molar-refractivity contribution is -0.145. The number of ether oxygens (including phenoxy) is 1. The summed E-state index contributed by atoms with van der Waals surface area (Å²) in [6, 6.07) is 15.2. The number of nitrogens with zero attached hydrogens (tertiary/aromatic N) is 1. The van der Waals surface area contributed by atoms with Crippen LogP contribution in [-0.4, -0.2) is 46.0 Å².